The summed E-state index contributed by atoms with van der Waals surface area (Å²) in [5, 5.41) is 2.39. The molecule has 0 fully saturated rings. The Bertz CT molecular complexity index is 807. The molecule has 0 heterocycles. The van der Waals surface area contributed by atoms with Gasteiger partial charge in [0.1, 0.15) is 5.82 Å². The molecular weight excluding hydrogens is 398 g/mol. The van der Waals surface area contributed by atoms with Gasteiger partial charge in [-0.1, -0.05) is 0 Å². The average Bonchev–Trinajstić information content (AvgIpc) is 2.63. The van der Waals surface area contributed by atoms with E-state index in [0.717, 1.165) is 29.2 Å². The van der Waals surface area contributed by atoms with Gasteiger partial charge in [-0.15, -0.1) is 11.8 Å². The zero-order valence-corrected chi connectivity index (χ0v) is 15.6. The normalized spacial score (nSPS) is 12.3. The fourth-order valence-corrected chi connectivity index (χ4v) is 2.91. The molecule has 0 radical (unpaired) electrons. The van der Waals surface area contributed by atoms with Crippen LogP contribution >= 0.6 is 11.8 Å². The molecule has 0 saturated carbocycles. The third-order valence-corrected chi connectivity index (χ3v) is 4.56. The van der Waals surface area contributed by atoms with Gasteiger partial charge in [0.25, 0.3) is 5.91 Å². The summed E-state index contributed by atoms with van der Waals surface area (Å²) < 4.78 is 55.4. The van der Waals surface area contributed by atoms with Crippen LogP contribution in [-0.2, 0) is 20.5 Å². The van der Waals surface area contributed by atoms with Crippen LogP contribution in [0.4, 0.5) is 23.2 Å². The van der Waals surface area contributed by atoms with Crippen LogP contribution in [0.25, 0.3) is 0 Å². The molecule has 2 aromatic rings. The van der Waals surface area contributed by atoms with E-state index >= 15 is 0 Å². The highest BCUT2D eigenvalue weighted by molar-refractivity contribution is 7.99. The molecule has 0 aliphatic carbocycles. The number of halogens is 4. The SMILES string of the molecule is C[C@H](OC(=O)CCSc1ccc(F)cc1)C(=O)Nc1ccc(C(F)(F)F)cc1. The molecule has 2 rings (SSSR count). The molecule has 150 valence electrons. The van der Waals surface area contributed by atoms with Crippen molar-refractivity contribution in [2.45, 2.75) is 30.5 Å². The predicted octanol–water partition coefficient (Wildman–Crippen LogP) is 4.90. The molecule has 1 N–H and O–H groups in total. The third kappa shape index (κ3) is 6.88. The fraction of sp³-hybridized carbons (Fsp3) is 0.263. The molecule has 2 aromatic carbocycles. The van der Waals surface area contributed by atoms with Crippen molar-refractivity contribution in [1.82, 2.24) is 0 Å². The lowest BCUT2D eigenvalue weighted by molar-refractivity contribution is -0.152. The van der Waals surface area contributed by atoms with E-state index in [9.17, 15) is 27.2 Å². The van der Waals surface area contributed by atoms with E-state index in [2.05, 4.69) is 5.32 Å². The molecule has 0 spiro atoms. The lowest BCUT2D eigenvalue weighted by atomic mass is 10.2. The summed E-state index contributed by atoms with van der Waals surface area (Å²) in [6.07, 6.45) is -5.53. The number of anilines is 1. The number of ether oxygens (including phenoxy) is 1. The number of thioether (sulfide) groups is 1. The summed E-state index contributed by atoms with van der Waals surface area (Å²) in [7, 11) is 0. The molecule has 0 unspecified atom stereocenters. The fourth-order valence-electron chi connectivity index (χ4n) is 2.08. The first-order chi connectivity index (χ1) is 13.1. The van der Waals surface area contributed by atoms with Gasteiger partial charge in [-0.2, -0.15) is 13.2 Å². The van der Waals surface area contributed by atoms with Gasteiger partial charge in [0.15, 0.2) is 6.10 Å². The largest absolute Gasteiger partial charge is 0.453 e. The lowest BCUT2D eigenvalue weighted by Crippen LogP contribution is -2.30. The topological polar surface area (TPSA) is 55.4 Å². The van der Waals surface area contributed by atoms with Gasteiger partial charge in [0.05, 0.1) is 12.0 Å². The van der Waals surface area contributed by atoms with Crippen molar-refractivity contribution in [3.63, 3.8) is 0 Å². The number of rotatable bonds is 7. The van der Waals surface area contributed by atoms with Crippen molar-refractivity contribution in [1.29, 1.82) is 0 Å². The van der Waals surface area contributed by atoms with E-state index in [0.29, 0.717) is 5.75 Å². The van der Waals surface area contributed by atoms with E-state index in [1.54, 1.807) is 12.1 Å². The summed E-state index contributed by atoms with van der Waals surface area (Å²) in [5.41, 5.74) is -0.670. The Hall–Kier alpha value is -2.55. The maximum Gasteiger partial charge on any atom is 0.416 e. The Balaban J connectivity index is 1.76. The summed E-state index contributed by atoms with van der Waals surface area (Å²) in [6, 6.07) is 9.74. The number of carbonyl (C=O) groups is 2. The number of nitrogens with one attached hydrogen (secondary N) is 1. The van der Waals surface area contributed by atoms with Gasteiger partial charge < -0.3 is 10.1 Å². The Morgan fingerprint density at radius 3 is 2.25 bits per heavy atom. The van der Waals surface area contributed by atoms with E-state index in [4.69, 9.17) is 4.74 Å². The molecule has 0 aliphatic rings. The first-order valence-electron chi connectivity index (χ1n) is 8.21. The van der Waals surface area contributed by atoms with Gasteiger partial charge in [-0.05, 0) is 55.5 Å². The van der Waals surface area contributed by atoms with Crippen LogP contribution < -0.4 is 5.32 Å². The monoisotopic (exact) mass is 415 g/mol. The average molecular weight is 415 g/mol. The van der Waals surface area contributed by atoms with Crippen LogP contribution in [0, 0.1) is 5.82 Å². The molecule has 1 atom stereocenters. The molecule has 1 amide bonds. The number of benzene rings is 2. The smallest absolute Gasteiger partial charge is 0.416 e. The molecule has 28 heavy (non-hydrogen) atoms. The predicted molar refractivity (Wildman–Crippen MR) is 97.4 cm³/mol. The number of amides is 1. The highest BCUT2D eigenvalue weighted by Gasteiger charge is 2.30. The van der Waals surface area contributed by atoms with Gasteiger partial charge in [0, 0.05) is 16.3 Å². The Morgan fingerprint density at radius 2 is 1.68 bits per heavy atom. The molecule has 0 bridgehead atoms. The third-order valence-electron chi connectivity index (χ3n) is 3.55. The van der Waals surface area contributed by atoms with Crippen LogP contribution in [0.2, 0.25) is 0 Å². The Labute approximate surface area is 163 Å². The second-order valence-electron chi connectivity index (χ2n) is 5.75. The zero-order valence-electron chi connectivity index (χ0n) is 14.8. The van der Waals surface area contributed by atoms with Gasteiger partial charge in [-0.3, -0.25) is 9.59 Å². The van der Waals surface area contributed by atoms with Crippen LogP contribution in [-0.4, -0.2) is 23.7 Å². The summed E-state index contributed by atoms with van der Waals surface area (Å²) in [5.74, 6) is -1.21. The Kier molecular flexibility index (Phi) is 7.45. The van der Waals surface area contributed by atoms with Gasteiger partial charge in [0.2, 0.25) is 0 Å². The van der Waals surface area contributed by atoms with Crippen molar-refractivity contribution in [2.24, 2.45) is 0 Å². The quantitative estimate of drug-likeness (QED) is 0.397. The highest BCUT2D eigenvalue weighted by atomic mass is 32.2. The summed E-state index contributed by atoms with van der Waals surface area (Å²) in [6.45, 7) is 1.37. The molecule has 0 aliphatic heterocycles. The molecule has 9 heteroatoms. The maximum atomic E-state index is 12.8. The van der Waals surface area contributed by atoms with Crippen LogP contribution in [0.1, 0.15) is 18.9 Å². The van der Waals surface area contributed by atoms with E-state index in [1.807, 2.05) is 0 Å². The van der Waals surface area contributed by atoms with Crippen LogP contribution in [0.3, 0.4) is 0 Å². The van der Waals surface area contributed by atoms with Crippen molar-refractivity contribution in [3.8, 4) is 0 Å². The van der Waals surface area contributed by atoms with Crippen LogP contribution in [0.5, 0.6) is 0 Å². The first kappa shape index (κ1) is 21.7. The molecule has 4 nitrogen and oxygen atoms in total. The van der Waals surface area contributed by atoms with E-state index in [-0.39, 0.29) is 17.9 Å². The van der Waals surface area contributed by atoms with E-state index < -0.39 is 29.7 Å². The minimum atomic E-state index is -4.46. The van der Waals surface area contributed by atoms with Crippen molar-refractivity contribution < 1.29 is 31.9 Å². The number of alkyl halides is 3. The number of carbonyl (C=O) groups excluding carboxylic acids is 2. The van der Waals surface area contributed by atoms with E-state index in [1.165, 1.54) is 30.8 Å². The minimum absolute atomic E-state index is 0.0416. The van der Waals surface area contributed by atoms with Crippen molar-refractivity contribution >= 4 is 29.3 Å². The zero-order chi connectivity index (χ0) is 20.7. The van der Waals surface area contributed by atoms with Crippen LogP contribution in [0.15, 0.2) is 53.4 Å². The number of hydrogen-bond donors (Lipinski definition) is 1. The summed E-state index contributed by atoms with van der Waals surface area (Å²) in [4.78, 5) is 24.6. The second-order valence-corrected chi connectivity index (χ2v) is 6.92. The lowest BCUT2D eigenvalue weighted by Gasteiger charge is -2.14. The van der Waals surface area contributed by atoms with Gasteiger partial charge >= 0.3 is 12.1 Å². The standard InChI is InChI=1S/C19H17F4NO3S/c1-12(18(26)24-15-6-2-13(3-7-15)19(21,22)23)27-17(25)10-11-28-16-8-4-14(20)5-9-16/h2-9,12H,10-11H2,1H3,(H,24,26)/t12-/m0/s1. The summed E-state index contributed by atoms with van der Waals surface area (Å²) >= 11 is 1.34. The first-order valence-corrected chi connectivity index (χ1v) is 9.19. The molecular formula is C19H17F4NO3S. The molecule has 0 saturated heterocycles. The minimum Gasteiger partial charge on any atom is -0.453 e. The van der Waals surface area contributed by atoms with Gasteiger partial charge in [-0.25, -0.2) is 4.39 Å². The van der Waals surface area contributed by atoms with Crippen molar-refractivity contribution in [2.75, 3.05) is 11.1 Å². The second kappa shape index (κ2) is 9.59. The Morgan fingerprint density at radius 1 is 1.07 bits per heavy atom. The molecule has 0 aromatic heterocycles. The highest BCUT2D eigenvalue weighted by Crippen LogP contribution is 2.29. The van der Waals surface area contributed by atoms with Crippen molar-refractivity contribution in [3.05, 3.63) is 59.9 Å². The maximum absolute atomic E-state index is 12.8. The number of hydrogen-bond acceptors (Lipinski definition) is 4. The number of esters is 1.